The van der Waals surface area contributed by atoms with Crippen LogP contribution in [0.5, 0.6) is 11.5 Å². The van der Waals surface area contributed by atoms with E-state index in [-0.39, 0.29) is 13.0 Å². The molecule has 0 radical (unpaired) electrons. The summed E-state index contributed by atoms with van der Waals surface area (Å²) in [4.78, 5) is 22.3. The molecule has 0 unspecified atom stereocenters. The van der Waals surface area contributed by atoms with Gasteiger partial charge in [-0.25, -0.2) is 9.97 Å². The van der Waals surface area contributed by atoms with Crippen molar-refractivity contribution in [2.24, 2.45) is 5.92 Å². The summed E-state index contributed by atoms with van der Waals surface area (Å²) in [5.41, 5.74) is 3.03. The quantitative estimate of drug-likeness (QED) is 0.236. The van der Waals surface area contributed by atoms with E-state index < -0.39 is 17.5 Å². The van der Waals surface area contributed by atoms with E-state index in [9.17, 15) is 9.90 Å². The van der Waals surface area contributed by atoms with Crippen molar-refractivity contribution in [3.05, 3.63) is 125 Å². The maximum Gasteiger partial charge on any atom is 0.310 e. The molecule has 0 amide bonds. The molecule has 0 aliphatic carbocycles. The highest BCUT2D eigenvalue weighted by Crippen LogP contribution is 2.43. The lowest BCUT2D eigenvalue weighted by Crippen LogP contribution is -2.45. The Morgan fingerprint density at radius 1 is 0.850 bits per heavy atom. The normalized spacial score (nSPS) is 12.0. The van der Waals surface area contributed by atoms with Gasteiger partial charge in [0.15, 0.2) is 11.5 Å². The lowest BCUT2D eigenvalue weighted by molar-refractivity contribution is -0.154. The third kappa shape index (κ3) is 6.05. The summed E-state index contributed by atoms with van der Waals surface area (Å²) in [6.07, 6.45) is 0.0600. The van der Waals surface area contributed by atoms with Crippen molar-refractivity contribution in [2.45, 2.75) is 25.9 Å². The van der Waals surface area contributed by atoms with E-state index in [2.05, 4.69) is 16.5 Å². The van der Waals surface area contributed by atoms with E-state index in [4.69, 9.17) is 14.2 Å². The van der Waals surface area contributed by atoms with Crippen LogP contribution in [-0.2, 0) is 21.6 Å². The van der Waals surface area contributed by atoms with Crippen molar-refractivity contribution in [1.82, 2.24) is 9.97 Å². The molecule has 0 bridgehead atoms. The number of carboxylic acids is 1. The van der Waals surface area contributed by atoms with Crippen LogP contribution >= 0.6 is 0 Å². The molecule has 206 valence electrons. The molecule has 0 spiro atoms. The second-order valence-electron chi connectivity index (χ2n) is 9.59. The van der Waals surface area contributed by atoms with Crippen molar-refractivity contribution in [2.75, 3.05) is 20.8 Å². The fraction of sp³-hybridized carbons (Fsp3) is 0.242. The number of rotatable bonds is 12. The molecular weight excluding hydrogens is 504 g/mol. The molecular formula is C33H34N2O5. The van der Waals surface area contributed by atoms with Gasteiger partial charge < -0.3 is 19.3 Å². The zero-order valence-corrected chi connectivity index (χ0v) is 23.3. The summed E-state index contributed by atoms with van der Waals surface area (Å²) in [6.45, 7) is 8.06. The van der Waals surface area contributed by atoms with Gasteiger partial charge in [0.1, 0.15) is 17.3 Å². The Balaban J connectivity index is 1.84. The SMILES string of the molecule is C=C(COC(c1ccccc1)(c1ccccc1)[C@H](Cc1nc(C)cc(C)n1)C(=O)O)c1ccc(OC)c(OC)c1. The maximum absolute atomic E-state index is 13.1. The van der Waals surface area contributed by atoms with Crippen LogP contribution in [0, 0.1) is 19.8 Å². The summed E-state index contributed by atoms with van der Waals surface area (Å²) in [5, 5.41) is 10.8. The van der Waals surface area contributed by atoms with Gasteiger partial charge in [0.2, 0.25) is 0 Å². The first-order valence-corrected chi connectivity index (χ1v) is 13.0. The Bertz CT molecular complexity index is 1410. The van der Waals surface area contributed by atoms with E-state index in [0.29, 0.717) is 34.0 Å². The number of ether oxygens (including phenoxy) is 3. The molecule has 3 aromatic carbocycles. The standard InChI is InChI=1S/C33H34N2O5/c1-22(25-16-17-29(38-4)30(19-25)39-5)21-40-33(26-12-8-6-9-13-26,27-14-10-7-11-15-27)28(32(36)37)20-31-34-23(2)18-24(3)35-31/h6-19,28H,1,20-21H2,2-5H3,(H,36,37)/t28-/m1/s1. The molecule has 40 heavy (non-hydrogen) atoms. The van der Waals surface area contributed by atoms with Gasteiger partial charge in [0, 0.05) is 17.8 Å². The summed E-state index contributed by atoms with van der Waals surface area (Å²) >= 11 is 0. The molecule has 1 atom stereocenters. The van der Waals surface area contributed by atoms with E-state index in [0.717, 1.165) is 17.0 Å². The van der Waals surface area contributed by atoms with Gasteiger partial charge in [0.05, 0.1) is 20.8 Å². The van der Waals surface area contributed by atoms with E-state index in [1.54, 1.807) is 20.3 Å². The molecule has 1 aromatic heterocycles. The summed E-state index contributed by atoms with van der Waals surface area (Å²) in [6, 6.07) is 26.3. The zero-order valence-electron chi connectivity index (χ0n) is 23.3. The highest BCUT2D eigenvalue weighted by molar-refractivity contribution is 5.74. The Morgan fingerprint density at radius 3 is 1.90 bits per heavy atom. The smallest absolute Gasteiger partial charge is 0.310 e. The average Bonchev–Trinajstić information content (AvgIpc) is 2.96. The Kier molecular flexibility index (Phi) is 8.97. The number of carboxylic acid groups (broad SMARTS) is 1. The summed E-state index contributed by atoms with van der Waals surface area (Å²) < 4.78 is 17.6. The van der Waals surface area contributed by atoms with Crippen molar-refractivity contribution >= 4 is 11.5 Å². The average molecular weight is 539 g/mol. The van der Waals surface area contributed by atoms with Crippen LogP contribution in [0.1, 0.15) is 33.9 Å². The van der Waals surface area contributed by atoms with Crippen LogP contribution in [0.25, 0.3) is 5.57 Å². The fourth-order valence-electron chi connectivity index (χ4n) is 5.03. The van der Waals surface area contributed by atoms with Gasteiger partial charge in [0.25, 0.3) is 0 Å². The van der Waals surface area contributed by atoms with Gasteiger partial charge in [-0.3, -0.25) is 4.79 Å². The Morgan fingerprint density at radius 2 is 1.40 bits per heavy atom. The van der Waals surface area contributed by atoms with Crippen molar-refractivity contribution < 1.29 is 24.1 Å². The van der Waals surface area contributed by atoms with Crippen LogP contribution in [-0.4, -0.2) is 41.9 Å². The van der Waals surface area contributed by atoms with Gasteiger partial charge >= 0.3 is 5.97 Å². The summed E-state index contributed by atoms with van der Waals surface area (Å²) in [7, 11) is 3.15. The number of benzene rings is 3. The van der Waals surface area contributed by atoms with Crippen LogP contribution in [0.4, 0.5) is 0 Å². The minimum absolute atomic E-state index is 0.0523. The fourth-order valence-corrected chi connectivity index (χ4v) is 5.03. The van der Waals surface area contributed by atoms with Crippen LogP contribution in [0.2, 0.25) is 0 Å². The second kappa shape index (κ2) is 12.6. The second-order valence-corrected chi connectivity index (χ2v) is 9.59. The lowest BCUT2D eigenvalue weighted by atomic mass is 9.74. The first-order valence-electron chi connectivity index (χ1n) is 13.0. The summed E-state index contributed by atoms with van der Waals surface area (Å²) in [5.74, 6) is -0.469. The number of nitrogens with zero attached hydrogens (tertiary/aromatic N) is 2. The van der Waals surface area contributed by atoms with Crippen molar-refractivity contribution in [3.8, 4) is 11.5 Å². The largest absolute Gasteiger partial charge is 0.493 e. The zero-order chi connectivity index (χ0) is 28.7. The number of aromatic nitrogens is 2. The molecule has 4 rings (SSSR count). The molecule has 0 saturated carbocycles. The van der Waals surface area contributed by atoms with Gasteiger partial charge in [-0.05, 0) is 54.3 Å². The topological polar surface area (TPSA) is 90.8 Å². The Hall–Kier alpha value is -4.49. The number of carbonyl (C=O) groups is 1. The van der Waals surface area contributed by atoms with E-state index in [1.807, 2.05) is 92.7 Å². The highest BCUT2D eigenvalue weighted by atomic mass is 16.5. The molecule has 7 nitrogen and oxygen atoms in total. The minimum atomic E-state index is -1.38. The molecule has 0 saturated heterocycles. The number of hydrogen-bond acceptors (Lipinski definition) is 6. The first kappa shape index (κ1) is 28.5. The molecule has 7 heteroatoms. The monoisotopic (exact) mass is 538 g/mol. The Labute approximate surface area is 235 Å². The molecule has 1 heterocycles. The van der Waals surface area contributed by atoms with Gasteiger partial charge in [-0.2, -0.15) is 0 Å². The van der Waals surface area contributed by atoms with Gasteiger partial charge in [-0.15, -0.1) is 0 Å². The van der Waals surface area contributed by atoms with Crippen molar-refractivity contribution in [3.63, 3.8) is 0 Å². The van der Waals surface area contributed by atoms with Gasteiger partial charge in [-0.1, -0.05) is 73.3 Å². The van der Waals surface area contributed by atoms with E-state index >= 15 is 0 Å². The van der Waals surface area contributed by atoms with Crippen LogP contribution < -0.4 is 9.47 Å². The van der Waals surface area contributed by atoms with Crippen molar-refractivity contribution in [1.29, 1.82) is 0 Å². The number of aliphatic carboxylic acids is 1. The van der Waals surface area contributed by atoms with E-state index in [1.165, 1.54) is 0 Å². The predicted octanol–water partition coefficient (Wildman–Crippen LogP) is 6.03. The van der Waals surface area contributed by atoms with Crippen LogP contribution in [0.15, 0.2) is 91.5 Å². The first-order chi connectivity index (χ1) is 19.3. The predicted molar refractivity (Wildman–Crippen MR) is 155 cm³/mol. The molecule has 0 fully saturated rings. The third-order valence-electron chi connectivity index (χ3n) is 6.88. The molecule has 0 aliphatic heterocycles. The molecule has 1 N–H and O–H groups in total. The number of methoxy groups -OCH3 is 2. The minimum Gasteiger partial charge on any atom is -0.493 e. The molecule has 4 aromatic rings. The third-order valence-corrected chi connectivity index (χ3v) is 6.88. The molecule has 0 aliphatic rings. The number of aryl methyl sites for hydroxylation is 2. The number of hydrogen-bond donors (Lipinski definition) is 1. The van der Waals surface area contributed by atoms with Crippen LogP contribution in [0.3, 0.4) is 0 Å². The highest BCUT2D eigenvalue weighted by Gasteiger charge is 2.48. The maximum atomic E-state index is 13.1. The lowest BCUT2D eigenvalue weighted by Gasteiger charge is -2.40.